The number of aliphatic carboxylic acids is 1. The Bertz CT molecular complexity index is 1240. The quantitative estimate of drug-likeness (QED) is 0.325. The van der Waals surface area contributed by atoms with Crippen LogP contribution in [0.5, 0.6) is 17.4 Å². The maximum Gasteiger partial charge on any atom is 0.306 e. The van der Waals surface area contributed by atoms with Crippen LogP contribution >= 0.6 is 11.6 Å². The number of fused-ring (bicyclic) bond motifs is 1. The maximum atomic E-state index is 10.8. The number of pyridine rings is 1. The first-order valence-corrected chi connectivity index (χ1v) is 10.6. The molecule has 0 radical (unpaired) electrons. The van der Waals surface area contributed by atoms with Gasteiger partial charge >= 0.3 is 5.97 Å². The molecule has 0 atom stereocenters. The number of hydrogen-bond donors (Lipinski definition) is 1. The third kappa shape index (κ3) is 4.84. The standard InChI is InChI=1S/C24H21ClN2O5/c1-2-6-19-16(9-10-22(26-19)31-15-7-4-3-5-8-15)24-17-13-21(30-12-11-23(28)29)18(25)14-20(17)32-27-24/h3-5,7-10,13-14H,2,6,11-12H2,1H3,(H,28,29). The van der Waals surface area contributed by atoms with Crippen LogP contribution in [0.4, 0.5) is 0 Å². The van der Waals surface area contributed by atoms with Crippen LogP contribution in [-0.2, 0) is 11.2 Å². The third-order valence-electron chi connectivity index (χ3n) is 4.75. The largest absolute Gasteiger partial charge is 0.491 e. The van der Waals surface area contributed by atoms with E-state index in [0.717, 1.165) is 24.1 Å². The van der Waals surface area contributed by atoms with Crippen molar-refractivity contribution in [3.8, 4) is 28.6 Å². The van der Waals surface area contributed by atoms with Gasteiger partial charge in [-0.15, -0.1) is 0 Å². The minimum Gasteiger partial charge on any atom is -0.491 e. The fourth-order valence-electron chi connectivity index (χ4n) is 3.28. The highest BCUT2D eigenvalue weighted by Gasteiger charge is 2.18. The number of rotatable bonds is 9. The highest BCUT2D eigenvalue weighted by atomic mass is 35.5. The van der Waals surface area contributed by atoms with Crippen LogP contribution in [0.1, 0.15) is 25.5 Å². The fraction of sp³-hybridized carbons (Fsp3) is 0.208. The van der Waals surface area contributed by atoms with Crippen molar-refractivity contribution in [1.29, 1.82) is 0 Å². The van der Waals surface area contributed by atoms with Gasteiger partial charge in [0.15, 0.2) is 5.58 Å². The number of nitrogens with zero attached hydrogens (tertiary/aromatic N) is 2. The Balaban J connectivity index is 1.69. The predicted octanol–water partition coefficient (Wildman–Crippen LogP) is 6.14. The summed E-state index contributed by atoms with van der Waals surface area (Å²) < 4.78 is 16.9. The number of aromatic nitrogens is 2. The molecule has 2 aromatic carbocycles. The first kappa shape index (κ1) is 21.6. The van der Waals surface area contributed by atoms with Crippen LogP contribution in [-0.4, -0.2) is 27.8 Å². The van der Waals surface area contributed by atoms with Gasteiger partial charge in [-0.25, -0.2) is 4.98 Å². The second kappa shape index (κ2) is 9.70. The van der Waals surface area contributed by atoms with Crippen LogP contribution in [0.15, 0.2) is 59.1 Å². The molecule has 0 saturated carbocycles. The first-order chi connectivity index (χ1) is 15.5. The number of hydrogen-bond acceptors (Lipinski definition) is 6. The van der Waals surface area contributed by atoms with Crippen LogP contribution in [0.2, 0.25) is 5.02 Å². The Morgan fingerprint density at radius 1 is 1.16 bits per heavy atom. The van der Waals surface area contributed by atoms with Crippen molar-refractivity contribution in [2.24, 2.45) is 0 Å². The van der Waals surface area contributed by atoms with E-state index in [4.69, 9.17) is 35.7 Å². The highest BCUT2D eigenvalue weighted by molar-refractivity contribution is 6.32. The van der Waals surface area contributed by atoms with Gasteiger partial charge in [-0.2, -0.15) is 0 Å². The molecule has 164 valence electrons. The monoisotopic (exact) mass is 452 g/mol. The number of carbonyl (C=O) groups is 1. The Morgan fingerprint density at radius 3 is 2.72 bits per heavy atom. The zero-order valence-electron chi connectivity index (χ0n) is 17.4. The van der Waals surface area contributed by atoms with Gasteiger partial charge in [-0.1, -0.05) is 48.3 Å². The van der Waals surface area contributed by atoms with Crippen molar-refractivity contribution in [3.05, 3.63) is 65.3 Å². The number of carboxylic acid groups (broad SMARTS) is 1. The molecule has 0 bridgehead atoms. The molecule has 0 saturated heterocycles. The van der Waals surface area contributed by atoms with E-state index in [9.17, 15) is 4.79 Å². The molecule has 0 fully saturated rings. The molecule has 2 aromatic heterocycles. The van der Waals surface area contributed by atoms with Gasteiger partial charge < -0.3 is 19.1 Å². The van der Waals surface area contributed by atoms with Crippen molar-refractivity contribution in [1.82, 2.24) is 10.1 Å². The molecule has 0 unspecified atom stereocenters. The van der Waals surface area contributed by atoms with Gasteiger partial charge in [0, 0.05) is 17.7 Å². The van der Waals surface area contributed by atoms with Gasteiger partial charge in [0.2, 0.25) is 5.88 Å². The Kier molecular flexibility index (Phi) is 6.56. The molecule has 0 aliphatic rings. The number of para-hydroxylation sites is 1. The Hall–Kier alpha value is -3.58. The molecule has 32 heavy (non-hydrogen) atoms. The predicted molar refractivity (Wildman–Crippen MR) is 121 cm³/mol. The molecule has 1 N–H and O–H groups in total. The number of benzene rings is 2. The van der Waals surface area contributed by atoms with Gasteiger partial charge in [-0.3, -0.25) is 4.79 Å². The average molecular weight is 453 g/mol. The lowest BCUT2D eigenvalue weighted by Crippen LogP contribution is -2.05. The molecule has 7 nitrogen and oxygen atoms in total. The number of halogens is 1. The normalized spacial score (nSPS) is 10.9. The second-order valence-corrected chi connectivity index (χ2v) is 7.52. The molecule has 4 aromatic rings. The number of aryl methyl sites for hydroxylation is 1. The van der Waals surface area contributed by atoms with E-state index >= 15 is 0 Å². The van der Waals surface area contributed by atoms with Crippen molar-refractivity contribution in [2.75, 3.05) is 6.61 Å². The summed E-state index contributed by atoms with van der Waals surface area (Å²) in [6.07, 6.45) is 1.49. The maximum absolute atomic E-state index is 10.8. The highest BCUT2D eigenvalue weighted by Crippen LogP contribution is 2.37. The Morgan fingerprint density at radius 2 is 1.97 bits per heavy atom. The van der Waals surface area contributed by atoms with E-state index in [1.807, 2.05) is 36.4 Å². The van der Waals surface area contributed by atoms with Crippen molar-refractivity contribution in [2.45, 2.75) is 26.2 Å². The zero-order valence-corrected chi connectivity index (χ0v) is 18.1. The lowest BCUT2D eigenvalue weighted by atomic mass is 10.0. The van der Waals surface area contributed by atoms with Crippen molar-refractivity contribution in [3.63, 3.8) is 0 Å². The lowest BCUT2D eigenvalue weighted by molar-refractivity contribution is -0.137. The van der Waals surface area contributed by atoms with E-state index in [0.29, 0.717) is 39.1 Å². The molecule has 0 amide bonds. The van der Waals surface area contributed by atoms with E-state index in [1.165, 1.54) is 0 Å². The minimum atomic E-state index is -0.944. The summed E-state index contributed by atoms with van der Waals surface area (Å²) in [7, 11) is 0. The van der Waals surface area contributed by atoms with Gasteiger partial charge in [0.1, 0.15) is 17.2 Å². The van der Waals surface area contributed by atoms with Crippen LogP contribution in [0, 0.1) is 0 Å². The lowest BCUT2D eigenvalue weighted by Gasteiger charge is -2.10. The van der Waals surface area contributed by atoms with E-state index in [1.54, 1.807) is 18.2 Å². The molecule has 8 heteroatoms. The smallest absolute Gasteiger partial charge is 0.306 e. The SMILES string of the molecule is CCCc1nc(Oc2ccccc2)ccc1-c1noc2cc(Cl)c(OCCC(=O)O)cc12. The summed E-state index contributed by atoms with van der Waals surface area (Å²) in [5, 5.41) is 14.1. The molecular weight excluding hydrogens is 432 g/mol. The molecule has 2 heterocycles. The third-order valence-corrected chi connectivity index (χ3v) is 5.05. The van der Waals surface area contributed by atoms with Crippen LogP contribution < -0.4 is 9.47 Å². The van der Waals surface area contributed by atoms with Gasteiger partial charge in [0.05, 0.1) is 29.1 Å². The molecule has 0 aliphatic heterocycles. The number of ether oxygens (including phenoxy) is 2. The number of carboxylic acids is 1. The molecule has 0 aliphatic carbocycles. The zero-order chi connectivity index (χ0) is 22.5. The fourth-order valence-corrected chi connectivity index (χ4v) is 3.49. The summed E-state index contributed by atoms with van der Waals surface area (Å²) in [4.78, 5) is 15.5. The average Bonchev–Trinajstić information content (AvgIpc) is 3.17. The van der Waals surface area contributed by atoms with Gasteiger partial charge in [-0.05, 0) is 30.7 Å². The summed E-state index contributed by atoms with van der Waals surface area (Å²) >= 11 is 6.26. The van der Waals surface area contributed by atoms with Crippen LogP contribution in [0.3, 0.4) is 0 Å². The van der Waals surface area contributed by atoms with Crippen molar-refractivity contribution < 1.29 is 23.9 Å². The van der Waals surface area contributed by atoms with E-state index in [-0.39, 0.29) is 13.0 Å². The van der Waals surface area contributed by atoms with Gasteiger partial charge in [0.25, 0.3) is 0 Å². The second-order valence-electron chi connectivity index (χ2n) is 7.11. The molecule has 0 spiro atoms. The van der Waals surface area contributed by atoms with E-state index in [2.05, 4.69) is 12.1 Å². The summed E-state index contributed by atoms with van der Waals surface area (Å²) in [6.45, 7) is 2.08. The molecular formula is C24H21ClN2O5. The van der Waals surface area contributed by atoms with Crippen LogP contribution in [0.25, 0.3) is 22.2 Å². The first-order valence-electron chi connectivity index (χ1n) is 10.2. The summed E-state index contributed by atoms with van der Waals surface area (Å²) in [6, 6.07) is 16.5. The van der Waals surface area contributed by atoms with Crippen molar-refractivity contribution >= 4 is 28.5 Å². The summed E-state index contributed by atoms with van der Waals surface area (Å²) in [5.41, 5.74) is 2.77. The topological polar surface area (TPSA) is 94.7 Å². The van der Waals surface area contributed by atoms with E-state index < -0.39 is 5.97 Å². The molecule has 4 rings (SSSR count). The summed E-state index contributed by atoms with van der Waals surface area (Å²) in [5.74, 6) is 0.636. The minimum absolute atomic E-state index is 0.00926. The Labute approximate surface area is 189 Å².